The lowest BCUT2D eigenvalue weighted by atomic mass is 10.2. The molecule has 1 heterocycles. The highest BCUT2D eigenvalue weighted by Crippen LogP contribution is 2.19. The van der Waals surface area contributed by atoms with Crippen molar-refractivity contribution in [2.45, 2.75) is 39.3 Å². The van der Waals surface area contributed by atoms with Crippen LogP contribution >= 0.6 is 11.6 Å². The fourth-order valence-corrected chi connectivity index (χ4v) is 1.51. The van der Waals surface area contributed by atoms with Crippen LogP contribution < -0.4 is 5.73 Å². The van der Waals surface area contributed by atoms with Gasteiger partial charge in [-0.25, -0.2) is 0 Å². The van der Waals surface area contributed by atoms with Crippen LogP contribution in [0.3, 0.4) is 0 Å². The summed E-state index contributed by atoms with van der Waals surface area (Å²) in [7, 11) is 0. The van der Waals surface area contributed by atoms with E-state index in [1.54, 1.807) is 6.20 Å². The standard InChI is InChI=1S/C9H16ClN3/c1-6(2)13-9(4-7(3)11)8(10)5-12-13/h5-7H,4,11H2,1-3H3. The van der Waals surface area contributed by atoms with Gasteiger partial charge in [-0.05, 0) is 20.8 Å². The smallest absolute Gasteiger partial charge is 0.0818 e. The minimum absolute atomic E-state index is 0.117. The number of nitrogens with zero attached hydrogens (tertiary/aromatic N) is 2. The van der Waals surface area contributed by atoms with E-state index in [1.807, 2.05) is 11.6 Å². The Bertz CT molecular complexity index is 278. The van der Waals surface area contributed by atoms with Crippen molar-refractivity contribution in [3.8, 4) is 0 Å². The van der Waals surface area contributed by atoms with E-state index in [9.17, 15) is 0 Å². The van der Waals surface area contributed by atoms with Crippen molar-refractivity contribution in [3.63, 3.8) is 0 Å². The summed E-state index contributed by atoms with van der Waals surface area (Å²) in [5, 5.41) is 4.91. The van der Waals surface area contributed by atoms with Gasteiger partial charge in [0.2, 0.25) is 0 Å². The lowest BCUT2D eigenvalue weighted by molar-refractivity contribution is 0.500. The maximum atomic E-state index is 5.99. The Morgan fingerprint density at radius 1 is 1.54 bits per heavy atom. The van der Waals surface area contributed by atoms with Gasteiger partial charge in [-0.3, -0.25) is 4.68 Å². The topological polar surface area (TPSA) is 43.8 Å². The lowest BCUT2D eigenvalue weighted by Crippen LogP contribution is -2.21. The van der Waals surface area contributed by atoms with Crippen molar-refractivity contribution in [1.29, 1.82) is 0 Å². The Morgan fingerprint density at radius 3 is 2.62 bits per heavy atom. The van der Waals surface area contributed by atoms with Crippen LogP contribution in [0.5, 0.6) is 0 Å². The summed E-state index contributed by atoms with van der Waals surface area (Å²) < 4.78 is 1.92. The molecular weight excluding hydrogens is 186 g/mol. The van der Waals surface area contributed by atoms with Gasteiger partial charge in [-0.2, -0.15) is 5.10 Å². The zero-order valence-corrected chi connectivity index (χ0v) is 9.04. The second-order valence-corrected chi connectivity index (χ2v) is 4.07. The molecule has 1 unspecified atom stereocenters. The Balaban J connectivity index is 2.94. The maximum Gasteiger partial charge on any atom is 0.0818 e. The van der Waals surface area contributed by atoms with E-state index < -0.39 is 0 Å². The molecule has 0 saturated heterocycles. The molecule has 0 spiro atoms. The molecule has 0 bridgehead atoms. The first-order chi connectivity index (χ1) is 6.02. The van der Waals surface area contributed by atoms with Gasteiger partial charge >= 0.3 is 0 Å². The van der Waals surface area contributed by atoms with Gasteiger partial charge in [0.15, 0.2) is 0 Å². The molecule has 0 aliphatic carbocycles. The molecule has 3 nitrogen and oxygen atoms in total. The number of hydrogen-bond donors (Lipinski definition) is 1. The van der Waals surface area contributed by atoms with E-state index in [1.165, 1.54) is 0 Å². The molecule has 0 saturated carbocycles. The molecule has 1 aromatic heterocycles. The normalized spacial score (nSPS) is 13.7. The first-order valence-electron chi connectivity index (χ1n) is 4.49. The van der Waals surface area contributed by atoms with Crippen molar-refractivity contribution in [2.75, 3.05) is 0 Å². The van der Waals surface area contributed by atoms with E-state index in [4.69, 9.17) is 17.3 Å². The van der Waals surface area contributed by atoms with Crippen molar-refractivity contribution < 1.29 is 0 Å². The first-order valence-corrected chi connectivity index (χ1v) is 4.87. The summed E-state index contributed by atoms with van der Waals surface area (Å²) in [6.07, 6.45) is 2.45. The highest BCUT2D eigenvalue weighted by atomic mass is 35.5. The molecule has 0 fully saturated rings. The predicted molar refractivity (Wildman–Crippen MR) is 55.0 cm³/mol. The van der Waals surface area contributed by atoms with Crippen molar-refractivity contribution in [1.82, 2.24) is 9.78 Å². The van der Waals surface area contributed by atoms with Gasteiger partial charge in [-0.1, -0.05) is 11.6 Å². The third-order valence-corrected chi connectivity index (χ3v) is 2.17. The largest absolute Gasteiger partial charge is 0.328 e. The number of rotatable bonds is 3. The zero-order valence-electron chi connectivity index (χ0n) is 8.29. The number of hydrogen-bond acceptors (Lipinski definition) is 2. The average molecular weight is 202 g/mol. The van der Waals surface area contributed by atoms with Crippen LogP contribution in [0.25, 0.3) is 0 Å². The number of halogens is 1. The van der Waals surface area contributed by atoms with Crippen LogP contribution in [0, 0.1) is 0 Å². The monoisotopic (exact) mass is 201 g/mol. The average Bonchev–Trinajstić information content (AvgIpc) is 2.32. The fraction of sp³-hybridized carbons (Fsp3) is 0.667. The highest BCUT2D eigenvalue weighted by Gasteiger charge is 2.12. The summed E-state index contributed by atoms with van der Waals surface area (Å²) in [5.41, 5.74) is 6.76. The van der Waals surface area contributed by atoms with Gasteiger partial charge in [0.1, 0.15) is 0 Å². The molecule has 1 atom stereocenters. The highest BCUT2D eigenvalue weighted by molar-refractivity contribution is 6.31. The van der Waals surface area contributed by atoms with E-state index in [0.717, 1.165) is 12.1 Å². The molecule has 0 aliphatic rings. The third-order valence-electron chi connectivity index (χ3n) is 1.85. The van der Waals surface area contributed by atoms with Gasteiger partial charge in [0, 0.05) is 18.5 Å². The number of nitrogens with two attached hydrogens (primary N) is 1. The van der Waals surface area contributed by atoms with Crippen molar-refractivity contribution in [2.24, 2.45) is 5.73 Å². The van der Waals surface area contributed by atoms with Gasteiger partial charge < -0.3 is 5.73 Å². The second-order valence-electron chi connectivity index (χ2n) is 3.66. The van der Waals surface area contributed by atoms with Crippen molar-refractivity contribution in [3.05, 3.63) is 16.9 Å². The summed E-state index contributed by atoms with van der Waals surface area (Å²) >= 11 is 5.99. The summed E-state index contributed by atoms with van der Waals surface area (Å²) in [5.74, 6) is 0. The van der Waals surface area contributed by atoms with Gasteiger partial charge in [-0.15, -0.1) is 0 Å². The van der Waals surface area contributed by atoms with E-state index >= 15 is 0 Å². The Hall–Kier alpha value is -0.540. The van der Waals surface area contributed by atoms with Crippen LogP contribution in [-0.2, 0) is 6.42 Å². The van der Waals surface area contributed by atoms with E-state index in [-0.39, 0.29) is 6.04 Å². The lowest BCUT2D eigenvalue weighted by Gasteiger charge is -2.12. The minimum atomic E-state index is 0.117. The molecule has 1 aromatic rings. The Kier molecular flexibility index (Phi) is 3.33. The van der Waals surface area contributed by atoms with Crippen LogP contribution in [0.2, 0.25) is 5.02 Å². The molecule has 2 N–H and O–H groups in total. The van der Waals surface area contributed by atoms with Crippen LogP contribution in [-0.4, -0.2) is 15.8 Å². The molecule has 0 aliphatic heterocycles. The molecular formula is C9H16ClN3. The van der Waals surface area contributed by atoms with E-state index in [2.05, 4.69) is 18.9 Å². The minimum Gasteiger partial charge on any atom is -0.328 e. The Labute approximate surface area is 83.9 Å². The molecule has 74 valence electrons. The van der Waals surface area contributed by atoms with Gasteiger partial charge in [0.25, 0.3) is 0 Å². The quantitative estimate of drug-likeness (QED) is 0.813. The van der Waals surface area contributed by atoms with Gasteiger partial charge in [0.05, 0.1) is 16.9 Å². The SMILES string of the molecule is CC(N)Cc1c(Cl)cnn1C(C)C. The van der Waals surface area contributed by atoms with E-state index in [0.29, 0.717) is 11.1 Å². The summed E-state index contributed by atoms with van der Waals surface area (Å²) in [4.78, 5) is 0. The number of aromatic nitrogens is 2. The molecule has 0 radical (unpaired) electrons. The summed E-state index contributed by atoms with van der Waals surface area (Å²) in [6, 6.07) is 0.452. The second kappa shape index (κ2) is 4.11. The van der Waals surface area contributed by atoms with Crippen LogP contribution in [0.4, 0.5) is 0 Å². The fourth-order valence-electron chi connectivity index (χ4n) is 1.31. The molecule has 4 heteroatoms. The predicted octanol–water partition coefficient (Wildman–Crippen LogP) is 2.01. The molecule has 1 rings (SSSR count). The molecule has 0 aromatic carbocycles. The van der Waals surface area contributed by atoms with Crippen molar-refractivity contribution >= 4 is 11.6 Å². The first kappa shape index (κ1) is 10.5. The van der Waals surface area contributed by atoms with Crippen LogP contribution in [0.1, 0.15) is 32.5 Å². The third kappa shape index (κ3) is 2.45. The Morgan fingerprint density at radius 2 is 2.15 bits per heavy atom. The molecule has 13 heavy (non-hydrogen) atoms. The maximum absolute atomic E-state index is 5.99. The summed E-state index contributed by atoms with van der Waals surface area (Å²) in [6.45, 7) is 6.12. The van der Waals surface area contributed by atoms with Crippen LogP contribution in [0.15, 0.2) is 6.20 Å². The molecule has 0 amide bonds. The zero-order chi connectivity index (χ0) is 10.0.